The largest absolute Gasteiger partial charge is 0.389 e. The fraction of sp³-hybridized carbons (Fsp3) is 0.409. The molecule has 0 bridgehead atoms. The minimum Gasteiger partial charge on any atom is -0.389 e. The zero-order chi connectivity index (χ0) is 23.7. The van der Waals surface area contributed by atoms with Gasteiger partial charge in [0.2, 0.25) is 0 Å². The number of rotatable bonds is 5. The number of aryl methyl sites for hydroxylation is 1. The Bertz CT molecular complexity index is 1140. The number of nitrogens with one attached hydrogen (secondary N) is 1. The number of amides is 1. The van der Waals surface area contributed by atoms with Gasteiger partial charge in [0.15, 0.2) is 11.5 Å². The highest BCUT2D eigenvalue weighted by Gasteiger charge is 2.26. The summed E-state index contributed by atoms with van der Waals surface area (Å²) in [6, 6.07) is 4.05. The first-order valence-corrected chi connectivity index (χ1v) is 11.5. The average molecular weight is 476 g/mol. The van der Waals surface area contributed by atoms with Gasteiger partial charge in [0.25, 0.3) is 5.91 Å². The maximum atomic E-state index is 14.2. The van der Waals surface area contributed by atoms with Crippen LogP contribution in [0.2, 0.25) is 0 Å². The maximum Gasteiger partial charge on any atom is 0.277 e. The van der Waals surface area contributed by atoms with Crippen molar-refractivity contribution in [3.63, 3.8) is 0 Å². The Morgan fingerprint density at radius 3 is 2.67 bits per heavy atom. The molecule has 0 unspecified atom stereocenters. The number of nitrogens with two attached hydrogens (primary N) is 1. The van der Waals surface area contributed by atoms with E-state index in [9.17, 15) is 13.6 Å². The number of thiazole rings is 1. The number of anilines is 3. The van der Waals surface area contributed by atoms with Gasteiger partial charge < -0.3 is 20.9 Å². The third-order valence-corrected chi connectivity index (χ3v) is 6.83. The average Bonchev–Trinajstić information content (AvgIpc) is 3.20. The molecule has 33 heavy (non-hydrogen) atoms. The third kappa shape index (κ3) is 4.69. The van der Waals surface area contributed by atoms with E-state index < -0.39 is 17.5 Å². The number of nitrogen functional groups attached to an aromatic ring is 1. The SMILES string of the molecule is CN(C)[C@H]1CCCN(c2c(NC(=O)c3nc(-c4c(F)cccc4F)sc3N)cnn2C)CC1. The van der Waals surface area contributed by atoms with Crippen molar-refractivity contribution in [1.29, 1.82) is 0 Å². The molecule has 2 aromatic heterocycles. The Kier molecular flexibility index (Phi) is 6.61. The first-order chi connectivity index (χ1) is 15.8. The molecule has 3 N–H and O–H groups in total. The molecule has 0 spiro atoms. The van der Waals surface area contributed by atoms with Crippen LogP contribution in [0.1, 0.15) is 29.8 Å². The summed E-state index contributed by atoms with van der Waals surface area (Å²) in [6.07, 6.45) is 4.72. The summed E-state index contributed by atoms with van der Waals surface area (Å²) in [4.78, 5) is 21.6. The van der Waals surface area contributed by atoms with Crippen LogP contribution in [0.5, 0.6) is 0 Å². The van der Waals surface area contributed by atoms with Gasteiger partial charge in [-0.05, 0) is 45.5 Å². The lowest BCUT2D eigenvalue weighted by Gasteiger charge is -2.25. The predicted octanol–water partition coefficient (Wildman–Crippen LogP) is 3.58. The van der Waals surface area contributed by atoms with E-state index >= 15 is 0 Å². The molecule has 1 aliphatic rings. The molecule has 1 aliphatic heterocycles. The van der Waals surface area contributed by atoms with E-state index in [1.54, 1.807) is 10.9 Å². The maximum absolute atomic E-state index is 14.2. The lowest BCUT2D eigenvalue weighted by atomic mass is 10.1. The molecule has 8 nitrogen and oxygen atoms in total. The summed E-state index contributed by atoms with van der Waals surface area (Å²) >= 11 is 0.868. The Hall–Kier alpha value is -3.05. The van der Waals surface area contributed by atoms with Crippen molar-refractivity contribution < 1.29 is 13.6 Å². The van der Waals surface area contributed by atoms with Crippen molar-refractivity contribution in [3.05, 3.63) is 41.7 Å². The van der Waals surface area contributed by atoms with Crippen molar-refractivity contribution in [2.45, 2.75) is 25.3 Å². The van der Waals surface area contributed by atoms with Crippen LogP contribution in [0.3, 0.4) is 0 Å². The number of halogens is 2. The highest BCUT2D eigenvalue weighted by molar-refractivity contribution is 7.19. The summed E-state index contributed by atoms with van der Waals surface area (Å²) in [5.74, 6) is -1.27. The van der Waals surface area contributed by atoms with Gasteiger partial charge in [-0.2, -0.15) is 5.10 Å². The molecule has 4 rings (SSSR count). The number of carbonyl (C=O) groups excluding carboxylic acids is 1. The first kappa shape index (κ1) is 23.1. The molecule has 0 saturated carbocycles. The van der Waals surface area contributed by atoms with Gasteiger partial charge in [-0.25, -0.2) is 13.8 Å². The molecule has 3 heterocycles. The van der Waals surface area contributed by atoms with E-state index in [2.05, 4.69) is 39.3 Å². The molecule has 176 valence electrons. The zero-order valence-electron chi connectivity index (χ0n) is 18.8. The Labute approximate surface area is 195 Å². The standard InChI is InChI=1S/C22H27F2N7OS/c1-29(2)13-6-5-10-31(11-9-13)22-16(12-26-30(22)3)27-20(32)18-19(25)33-21(28-18)17-14(23)7-4-8-15(17)24/h4,7-8,12-13H,5-6,9-11,25H2,1-3H3,(H,27,32)/t13-/m0/s1. The topological polar surface area (TPSA) is 92.3 Å². The molecule has 1 amide bonds. The molecule has 1 atom stereocenters. The minimum absolute atomic E-state index is 0.0157. The van der Waals surface area contributed by atoms with E-state index in [0.717, 1.165) is 61.6 Å². The highest BCUT2D eigenvalue weighted by atomic mass is 32.1. The van der Waals surface area contributed by atoms with Crippen LogP contribution in [-0.2, 0) is 7.05 Å². The number of carbonyl (C=O) groups is 1. The second kappa shape index (κ2) is 9.44. The van der Waals surface area contributed by atoms with E-state index in [4.69, 9.17) is 5.73 Å². The van der Waals surface area contributed by atoms with Gasteiger partial charge in [-0.15, -0.1) is 0 Å². The van der Waals surface area contributed by atoms with Gasteiger partial charge in [0.1, 0.15) is 27.3 Å². The van der Waals surface area contributed by atoms with E-state index in [1.165, 1.54) is 6.07 Å². The van der Waals surface area contributed by atoms with Gasteiger partial charge in [0.05, 0.1) is 11.8 Å². The first-order valence-electron chi connectivity index (χ1n) is 10.7. The summed E-state index contributed by atoms with van der Waals surface area (Å²) < 4.78 is 30.1. The molecule has 0 radical (unpaired) electrons. The number of nitrogens with zero attached hydrogens (tertiary/aromatic N) is 5. The molecule has 1 fully saturated rings. The molecular formula is C22H27F2N7OS. The van der Waals surface area contributed by atoms with Crippen LogP contribution >= 0.6 is 11.3 Å². The second-order valence-electron chi connectivity index (χ2n) is 8.32. The monoisotopic (exact) mass is 475 g/mol. The number of aromatic nitrogens is 3. The van der Waals surface area contributed by atoms with Crippen LogP contribution in [0.4, 0.5) is 25.3 Å². The summed E-state index contributed by atoms with van der Waals surface area (Å²) in [5.41, 5.74) is 6.17. The molecular weight excluding hydrogens is 448 g/mol. The van der Waals surface area contributed by atoms with Crippen LogP contribution in [0, 0.1) is 11.6 Å². The smallest absolute Gasteiger partial charge is 0.277 e. The van der Waals surface area contributed by atoms with Crippen LogP contribution in [-0.4, -0.2) is 58.8 Å². The fourth-order valence-corrected chi connectivity index (χ4v) is 5.06. The van der Waals surface area contributed by atoms with Crippen LogP contribution < -0.4 is 16.0 Å². The van der Waals surface area contributed by atoms with Crippen LogP contribution in [0.15, 0.2) is 24.4 Å². The molecule has 1 aromatic carbocycles. The molecule has 11 heteroatoms. The third-order valence-electron chi connectivity index (χ3n) is 5.93. The van der Waals surface area contributed by atoms with Crippen LogP contribution in [0.25, 0.3) is 10.6 Å². The van der Waals surface area contributed by atoms with Crippen molar-refractivity contribution in [3.8, 4) is 10.6 Å². The van der Waals surface area contributed by atoms with Crippen molar-refractivity contribution >= 4 is 33.8 Å². The highest BCUT2D eigenvalue weighted by Crippen LogP contribution is 2.34. The van der Waals surface area contributed by atoms with E-state index in [1.807, 2.05) is 7.05 Å². The van der Waals surface area contributed by atoms with E-state index in [-0.39, 0.29) is 21.3 Å². The van der Waals surface area contributed by atoms with Crippen molar-refractivity contribution in [1.82, 2.24) is 19.7 Å². The normalized spacial score (nSPS) is 16.8. The summed E-state index contributed by atoms with van der Waals surface area (Å²) in [6.45, 7) is 1.68. The van der Waals surface area contributed by atoms with Gasteiger partial charge in [0, 0.05) is 26.2 Å². The minimum atomic E-state index is -0.762. The summed E-state index contributed by atoms with van der Waals surface area (Å²) in [7, 11) is 6.01. The molecule has 1 saturated heterocycles. The lowest BCUT2D eigenvalue weighted by Crippen LogP contribution is -2.31. The number of hydrogen-bond acceptors (Lipinski definition) is 7. The Morgan fingerprint density at radius 1 is 1.24 bits per heavy atom. The Balaban J connectivity index is 1.57. The number of benzene rings is 1. The predicted molar refractivity (Wildman–Crippen MR) is 127 cm³/mol. The fourth-order valence-electron chi connectivity index (χ4n) is 4.19. The quantitative estimate of drug-likeness (QED) is 0.586. The second-order valence-corrected chi connectivity index (χ2v) is 9.35. The van der Waals surface area contributed by atoms with Crippen molar-refractivity contribution in [2.24, 2.45) is 7.05 Å². The Morgan fingerprint density at radius 2 is 1.97 bits per heavy atom. The summed E-state index contributed by atoms with van der Waals surface area (Å²) in [5, 5.41) is 7.26. The van der Waals surface area contributed by atoms with Gasteiger partial charge >= 0.3 is 0 Å². The molecule has 3 aromatic rings. The van der Waals surface area contributed by atoms with Gasteiger partial charge in [-0.3, -0.25) is 9.48 Å². The zero-order valence-corrected chi connectivity index (χ0v) is 19.6. The lowest BCUT2D eigenvalue weighted by molar-refractivity contribution is 0.102. The van der Waals surface area contributed by atoms with Crippen molar-refractivity contribution in [2.75, 3.05) is 43.1 Å². The molecule has 0 aliphatic carbocycles. The van der Waals surface area contributed by atoms with Gasteiger partial charge in [-0.1, -0.05) is 17.4 Å². The van der Waals surface area contributed by atoms with E-state index in [0.29, 0.717) is 11.7 Å². The number of hydrogen-bond donors (Lipinski definition) is 2.